The third-order valence-corrected chi connectivity index (χ3v) is 8.02. The van der Waals surface area contributed by atoms with Gasteiger partial charge in [-0.25, -0.2) is 0 Å². The van der Waals surface area contributed by atoms with Crippen LogP contribution in [0.1, 0.15) is 63.5 Å². The second kappa shape index (κ2) is 10.4. The quantitative estimate of drug-likeness (QED) is 0.340. The minimum atomic E-state index is 0.131. The highest BCUT2D eigenvalue weighted by molar-refractivity contribution is 6.01. The fourth-order valence-corrected chi connectivity index (χ4v) is 6.18. The molecule has 0 bridgehead atoms. The van der Waals surface area contributed by atoms with Gasteiger partial charge in [0.1, 0.15) is 17.1 Å². The summed E-state index contributed by atoms with van der Waals surface area (Å²) in [5, 5.41) is 1.02. The summed E-state index contributed by atoms with van der Waals surface area (Å²) in [7, 11) is 1.67. The first-order chi connectivity index (χ1) is 17.5. The van der Waals surface area contributed by atoms with Crippen LogP contribution in [0.25, 0.3) is 27.7 Å². The zero-order valence-electron chi connectivity index (χ0n) is 21.9. The van der Waals surface area contributed by atoms with E-state index in [1.165, 1.54) is 25.7 Å². The molecule has 1 aliphatic heterocycles. The number of amides is 1. The Labute approximate surface area is 214 Å². The summed E-state index contributed by atoms with van der Waals surface area (Å²) in [5.74, 6) is 2.40. The lowest BCUT2D eigenvalue weighted by molar-refractivity contribution is -0.132. The standard InChI is InChI=1S/C31H37NO4/c1-5-35-30-21(3)31-26(27(19-36-31)22-12-14-24(34-4)15-13-22)18-25(30)20(2)17-29(33)32-16-8-10-23-9-6-7-11-28(23)32/h12-15,17-19,23,28H,5-11,16H2,1-4H3/b20-17+. The maximum atomic E-state index is 13.5. The molecule has 2 fully saturated rings. The third kappa shape index (κ3) is 4.52. The number of aryl methyl sites for hydroxylation is 1. The molecule has 2 atom stereocenters. The van der Waals surface area contributed by atoms with E-state index in [1.807, 2.05) is 51.1 Å². The molecule has 1 saturated carbocycles. The Morgan fingerprint density at radius 2 is 1.89 bits per heavy atom. The van der Waals surface area contributed by atoms with Gasteiger partial charge in [-0.05, 0) is 81.7 Å². The van der Waals surface area contributed by atoms with Gasteiger partial charge in [0.25, 0.3) is 0 Å². The molecule has 1 amide bonds. The second-order valence-corrected chi connectivity index (χ2v) is 10.2. The van der Waals surface area contributed by atoms with E-state index in [9.17, 15) is 4.79 Å². The molecule has 2 aromatic carbocycles. The van der Waals surface area contributed by atoms with Crippen LogP contribution in [-0.4, -0.2) is 37.1 Å². The Morgan fingerprint density at radius 1 is 1.14 bits per heavy atom. The summed E-state index contributed by atoms with van der Waals surface area (Å²) in [4.78, 5) is 15.7. The number of ether oxygens (including phenoxy) is 2. The number of hydrogen-bond donors (Lipinski definition) is 0. The van der Waals surface area contributed by atoms with Gasteiger partial charge >= 0.3 is 0 Å². The number of likely N-dealkylation sites (tertiary alicyclic amines) is 1. The average Bonchev–Trinajstić information content (AvgIpc) is 3.34. The van der Waals surface area contributed by atoms with Gasteiger partial charge in [0, 0.05) is 40.7 Å². The van der Waals surface area contributed by atoms with Crippen molar-refractivity contribution in [2.45, 2.75) is 65.3 Å². The Kier molecular flexibility index (Phi) is 7.08. The van der Waals surface area contributed by atoms with E-state index < -0.39 is 0 Å². The van der Waals surface area contributed by atoms with Gasteiger partial charge in [-0.1, -0.05) is 25.0 Å². The van der Waals surface area contributed by atoms with Crippen LogP contribution in [0.3, 0.4) is 0 Å². The number of methoxy groups -OCH3 is 1. The SMILES string of the molecule is CCOc1c(/C(C)=C/C(=O)N2CCCC3CCCCC32)cc2c(-c3ccc(OC)cc3)coc2c1C. The van der Waals surface area contributed by atoms with Crippen molar-refractivity contribution in [3.8, 4) is 22.6 Å². The molecule has 0 N–H and O–H groups in total. The number of piperidine rings is 1. The maximum Gasteiger partial charge on any atom is 0.247 e. The molecule has 0 radical (unpaired) electrons. The summed E-state index contributed by atoms with van der Waals surface area (Å²) in [5.41, 5.74) is 5.71. The van der Waals surface area contributed by atoms with Crippen LogP contribution in [0.15, 0.2) is 47.1 Å². The molecule has 190 valence electrons. The van der Waals surface area contributed by atoms with Crippen LogP contribution in [0.5, 0.6) is 11.5 Å². The molecule has 3 aromatic rings. The summed E-state index contributed by atoms with van der Waals surface area (Å²) < 4.78 is 17.5. The van der Waals surface area contributed by atoms with Gasteiger partial charge in [-0.3, -0.25) is 4.79 Å². The zero-order valence-corrected chi connectivity index (χ0v) is 21.9. The number of benzene rings is 2. The number of rotatable bonds is 6. The van der Waals surface area contributed by atoms with E-state index in [1.54, 1.807) is 13.4 Å². The van der Waals surface area contributed by atoms with Crippen molar-refractivity contribution < 1.29 is 18.7 Å². The largest absolute Gasteiger partial charge is 0.497 e. The fourth-order valence-electron chi connectivity index (χ4n) is 6.18. The number of allylic oxidation sites excluding steroid dienone is 1. The number of hydrogen-bond acceptors (Lipinski definition) is 4. The number of carbonyl (C=O) groups excluding carboxylic acids is 1. The summed E-state index contributed by atoms with van der Waals surface area (Å²) in [6.45, 7) is 7.45. The van der Waals surface area contributed by atoms with Crippen molar-refractivity contribution in [2.75, 3.05) is 20.3 Å². The zero-order chi connectivity index (χ0) is 25.2. The van der Waals surface area contributed by atoms with Crippen molar-refractivity contribution >= 4 is 22.4 Å². The molecule has 1 aliphatic carbocycles. The topological polar surface area (TPSA) is 51.9 Å². The lowest BCUT2D eigenvalue weighted by Crippen LogP contribution is -2.49. The van der Waals surface area contributed by atoms with Crippen molar-refractivity contribution in [2.24, 2.45) is 5.92 Å². The van der Waals surface area contributed by atoms with Gasteiger partial charge in [0.05, 0.1) is 20.0 Å². The molecule has 2 unspecified atom stereocenters. The van der Waals surface area contributed by atoms with Crippen LogP contribution in [-0.2, 0) is 4.79 Å². The van der Waals surface area contributed by atoms with E-state index in [0.29, 0.717) is 18.6 Å². The van der Waals surface area contributed by atoms with E-state index in [4.69, 9.17) is 13.9 Å². The molecule has 0 spiro atoms. The molecule has 5 rings (SSSR count). The monoisotopic (exact) mass is 487 g/mol. The van der Waals surface area contributed by atoms with Crippen LogP contribution >= 0.6 is 0 Å². The Bertz CT molecular complexity index is 1270. The highest BCUT2D eigenvalue weighted by Crippen LogP contribution is 2.41. The lowest BCUT2D eigenvalue weighted by atomic mass is 9.78. The summed E-state index contributed by atoms with van der Waals surface area (Å²) in [6.07, 6.45) is 10.9. The Morgan fingerprint density at radius 3 is 2.64 bits per heavy atom. The van der Waals surface area contributed by atoms with Gasteiger partial charge in [-0.15, -0.1) is 0 Å². The number of furan rings is 1. The van der Waals surface area contributed by atoms with Crippen LogP contribution < -0.4 is 9.47 Å². The van der Waals surface area contributed by atoms with Crippen molar-refractivity contribution in [3.63, 3.8) is 0 Å². The molecule has 1 saturated heterocycles. The van der Waals surface area contributed by atoms with Crippen molar-refractivity contribution in [1.82, 2.24) is 4.90 Å². The first-order valence-electron chi connectivity index (χ1n) is 13.3. The van der Waals surface area contributed by atoms with Gasteiger partial charge < -0.3 is 18.8 Å². The van der Waals surface area contributed by atoms with Crippen molar-refractivity contribution in [3.05, 3.63) is 53.8 Å². The minimum Gasteiger partial charge on any atom is -0.497 e. The minimum absolute atomic E-state index is 0.131. The molecule has 2 heterocycles. The van der Waals surface area contributed by atoms with Crippen LogP contribution in [0, 0.1) is 12.8 Å². The Hall–Kier alpha value is -3.21. The highest BCUT2D eigenvalue weighted by atomic mass is 16.5. The normalized spacial score (nSPS) is 20.3. The maximum absolute atomic E-state index is 13.5. The molecule has 5 heteroatoms. The predicted octanol–water partition coefficient (Wildman–Crippen LogP) is 7.40. The lowest BCUT2D eigenvalue weighted by Gasteiger charge is -2.43. The molecule has 5 nitrogen and oxygen atoms in total. The smallest absolute Gasteiger partial charge is 0.247 e. The van der Waals surface area contributed by atoms with Gasteiger partial charge in [0.15, 0.2) is 0 Å². The molecule has 36 heavy (non-hydrogen) atoms. The summed E-state index contributed by atoms with van der Waals surface area (Å²) in [6, 6.07) is 10.5. The first kappa shape index (κ1) is 24.5. The number of carbonyl (C=O) groups is 1. The van der Waals surface area contributed by atoms with E-state index in [2.05, 4.69) is 11.0 Å². The molecular weight excluding hydrogens is 450 g/mol. The summed E-state index contributed by atoms with van der Waals surface area (Å²) >= 11 is 0. The second-order valence-electron chi connectivity index (χ2n) is 10.2. The van der Waals surface area contributed by atoms with Gasteiger partial charge in [0.2, 0.25) is 5.91 Å². The van der Waals surface area contributed by atoms with E-state index >= 15 is 0 Å². The fraction of sp³-hybridized carbons (Fsp3) is 0.452. The molecule has 1 aromatic heterocycles. The number of nitrogens with zero attached hydrogens (tertiary/aromatic N) is 1. The molecular formula is C31H37NO4. The first-order valence-corrected chi connectivity index (χ1v) is 13.3. The Balaban J connectivity index is 1.54. The van der Waals surface area contributed by atoms with Gasteiger partial charge in [-0.2, -0.15) is 0 Å². The van der Waals surface area contributed by atoms with Crippen molar-refractivity contribution in [1.29, 1.82) is 0 Å². The predicted molar refractivity (Wildman–Crippen MR) is 144 cm³/mol. The van der Waals surface area contributed by atoms with E-state index in [0.717, 1.165) is 69.7 Å². The van der Waals surface area contributed by atoms with Crippen LogP contribution in [0.4, 0.5) is 0 Å². The number of fused-ring (bicyclic) bond motifs is 2. The molecule has 2 aliphatic rings. The van der Waals surface area contributed by atoms with Crippen LogP contribution in [0.2, 0.25) is 0 Å². The average molecular weight is 488 g/mol. The third-order valence-electron chi connectivity index (χ3n) is 8.02. The van der Waals surface area contributed by atoms with E-state index in [-0.39, 0.29) is 5.91 Å². The highest BCUT2D eigenvalue weighted by Gasteiger charge is 2.35.